The molecule has 1 aliphatic heterocycles. The van der Waals surface area contributed by atoms with Crippen molar-refractivity contribution in [2.24, 2.45) is 0 Å². The second kappa shape index (κ2) is 2.79. The molecule has 1 atom stereocenters. The molecular weight excluding hydrogens is 172 g/mol. The third kappa shape index (κ3) is 1.30. The Bertz CT molecular complexity index is 308. The van der Waals surface area contributed by atoms with E-state index in [1.165, 1.54) is 10.4 Å². The lowest BCUT2D eigenvalue weighted by molar-refractivity contribution is 0.247. The van der Waals surface area contributed by atoms with E-state index >= 15 is 0 Å². The average Bonchev–Trinajstić information content (AvgIpc) is 2.58. The zero-order valence-electron chi connectivity index (χ0n) is 6.76. The SMILES string of the molecule is Cc1csc(C2CNC(=O)N2)c1. The third-order valence-corrected chi connectivity index (χ3v) is 3.03. The van der Waals surface area contributed by atoms with Crippen LogP contribution in [0.25, 0.3) is 0 Å². The fourth-order valence-corrected chi connectivity index (χ4v) is 2.21. The van der Waals surface area contributed by atoms with Crippen molar-refractivity contribution in [2.75, 3.05) is 6.54 Å². The average molecular weight is 182 g/mol. The summed E-state index contributed by atoms with van der Waals surface area (Å²) in [5.41, 5.74) is 1.26. The second-order valence-corrected chi connectivity index (χ2v) is 3.88. The van der Waals surface area contributed by atoms with Crippen LogP contribution in [0.4, 0.5) is 4.79 Å². The smallest absolute Gasteiger partial charge is 0.315 e. The number of hydrogen-bond acceptors (Lipinski definition) is 2. The maximum absolute atomic E-state index is 10.8. The van der Waals surface area contributed by atoms with Crippen molar-refractivity contribution in [3.05, 3.63) is 21.9 Å². The molecule has 1 aliphatic rings. The highest BCUT2D eigenvalue weighted by atomic mass is 32.1. The Morgan fingerprint density at radius 2 is 2.50 bits per heavy atom. The summed E-state index contributed by atoms with van der Waals surface area (Å²) in [6.07, 6.45) is 0. The van der Waals surface area contributed by atoms with E-state index in [1.54, 1.807) is 11.3 Å². The van der Waals surface area contributed by atoms with E-state index in [9.17, 15) is 4.79 Å². The van der Waals surface area contributed by atoms with Gasteiger partial charge in [-0.1, -0.05) is 0 Å². The number of urea groups is 1. The molecule has 2 heterocycles. The van der Waals surface area contributed by atoms with Crippen molar-refractivity contribution in [3.8, 4) is 0 Å². The van der Waals surface area contributed by atoms with Crippen molar-refractivity contribution < 1.29 is 4.79 Å². The number of aryl methyl sites for hydroxylation is 1. The number of rotatable bonds is 1. The lowest BCUT2D eigenvalue weighted by Crippen LogP contribution is -2.21. The van der Waals surface area contributed by atoms with Crippen LogP contribution >= 0.6 is 11.3 Å². The van der Waals surface area contributed by atoms with Crippen molar-refractivity contribution in [1.29, 1.82) is 0 Å². The fourth-order valence-electron chi connectivity index (χ4n) is 1.26. The van der Waals surface area contributed by atoms with Crippen molar-refractivity contribution >= 4 is 17.4 Å². The molecule has 2 amide bonds. The highest BCUT2D eigenvalue weighted by Gasteiger charge is 2.22. The summed E-state index contributed by atoms with van der Waals surface area (Å²) in [6.45, 7) is 2.77. The van der Waals surface area contributed by atoms with Crippen LogP contribution in [0.3, 0.4) is 0 Å². The first-order valence-corrected chi connectivity index (χ1v) is 4.73. The summed E-state index contributed by atoms with van der Waals surface area (Å²) < 4.78 is 0. The van der Waals surface area contributed by atoms with Gasteiger partial charge in [-0.2, -0.15) is 0 Å². The Hall–Kier alpha value is -1.03. The quantitative estimate of drug-likeness (QED) is 0.677. The van der Waals surface area contributed by atoms with E-state index in [1.807, 2.05) is 0 Å². The Morgan fingerprint density at radius 3 is 3.00 bits per heavy atom. The van der Waals surface area contributed by atoms with Crippen LogP contribution in [0.2, 0.25) is 0 Å². The molecule has 1 aromatic rings. The van der Waals surface area contributed by atoms with Gasteiger partial charge in [0.2, 0.25) is 0 Å². The molecule has 64 valence electrons. The van der Waals surface area contributed by atoms with Crippen LogP contribution in [-0.4, -0.2) is 12.6 Å². The molecule has 1 fully saturated rings. The van der Waals surface area contributed by atoms with Crippen molar-refractivity contribution in [2.45, 2.75) is 13.0 Å². The Balaban J connectivity index is 2.15. The molecule has 1 saturated heterocycles. The molecule has 3 nitrogen and oxygen atoms in total. The maximum Gasteiger partial charge on any atom is 0.315 e. The van der Waals surface area contributed by atoms with E-state index in [-0.39, 0.29) is 12.1 Å². The molecule has 1 unspecified atom stereocenters. The summed E-state index contributed by atoms with van der Waals surface area (Å²) in [4.78, 5) is 12.0. The third-order valence-electron chi connectivity index (χ3n) is 1.87. The summed E-state index contributed by atoms with van der Waals surface area (Å²) in [5.74, 6) is 0. The number of thiophene rings is 1. The maximum atomic E-state index is 10.8. The van der Waals surface area contributed by atoms with Crippen LogP contribution < -0.4 is 10.6 Å². The first-order valence-electron chi connectivity index (χ1n) is 3.85. The van der Waals surface area contributed by atoms with Gasteiger partial charge in [-0.15, -0.1) is 11.3 Å². The minimum atomic E-state index is -0.0638. The van der Waals surface area contributed by atoms with Crippen LogP contribution in [0.15, 0.2) is 11.4 Å². The summed E-state index contributed by atoms with van der Waals surface area (Å²) >= 11 is 1.69. The normalized spacial score (nSPS) is 22.1. The topological polar surface area (TPSA) is 41.1 Å². The second-order valence-electron chi connectivity index (χ2n) is 2.93. The summed E-state index contributed by atoms with van der Waals surface area (Å²) in [5, 5.41) is 7.67. The van der Waals surface area contributed by atoms with Gasteiger partial charge < -0.3 is 10.6 Å². The van der Waals surface area contributed by atoms with Gasteiger partial charge in [-0.25, -0.2) is 4.79 Å². The van der Waals surface area contributed by atoms with Crippen LogP contribution in [0, 0.1) is 6.92 Å². The lowest BCUT2D eigenvalue weighted by Gasteiger charge is -2.03. The van der Waals surface area contributed by atoms with Gasteiger partial charge in [0, 0.05) is 11.4 Å². The zero-order valence-corrected chi connectivity index (χ0v) is 7.57. The largest absolute Gasteiger partial charge is 0.336 e. The standard InChI is InChI=1S/C8H10N2OS/c1-5-2-7(12-4-5)6-3-9-8(11)10-6/h2,4,6H,3H2,1H3,(H2,9,10,11). The van der Waals surface area contributed by atoms with Crippen LogP contribution in [-0.2, 0) is 0 Å². The molecule has 2 rings (SSSR count). The van der Waals surface area contributed by atoms with Crippen LogP contribution in [0.5, 0.6) is 0 Å². The monoisotopic (exact) mass is 182 g/mol. The molecule has 0 spiro atoms. The van der Waals surface area contributed by atoms with E-state index in [2.05, 4.69) is 29.0 Å². The molecule has 0 aromatic carbocycles. The van der Waals surface area contributed by atoms with E-state index in [0.29, 0.717) is 6.54 Å². The first kappa shape index (κ1) is 7.61. The van der Waals surface area contributed by atoms with E-state index in [4.69, 9.17) is 0 Å². The zero-order chi connectivity index (χ0) is 8.55. The van der Waals surface area contributed by atoms with Gasteiger partial charge in [0.05, 0.1) is 6.04 Å². The number of carbonyl (C=O) groups excluding carboxylic acids is 1. The number of nitrogens with one attached hydrogen (secondary N) is 2. The summed E-state index contributed by atoms with van der Waals surface area (Å²) in [6, 6.07) is 2.23. The molecule has 12 heavy (non-hydrogen) atoms. The van der Waals surface area contributed by atoms with Gasteiger partial charge in [0.15, 0.2) is 0 Å². The number of carbonyl (C=O) groups is 1. The van der Waals surface area contributed by atoms with Gasteiger partial charge >= 0.3 is 6.03 Å². The minimum Gasteiger partial charge on any atom is -0.336 e. The molecular formula is C8H10N2OS. The lowest BCUT2D eigenvalue weighted by atomic mass is 10.2. The first-order chi connectivity index (χ1) is 5.75. The molecule has 4 heteroatoms. The van der Waals surface area contributed by atoms with E-state index in [0.717, 1.165) is 0 Å². The Morgan fingerprint density at radius 1 is 1.67 bits per heavy atom. The van der Waals surface area contributed by atoms with Crippen molar-refractivity contribution in [1.82, 2.24) is 10.6 Å². The molecule has 0 aliphatic carbocycles. The van der Waals surface area contributed by atoms with Gasteiger partial charge in [-0.3, -0.25) is 0 Å². The predicted molar refractivity (Wildman–Crippen MR) is 48.3 cm³/mol. The van der Waals surface area contributed by atoms with Gasteiger partial charge in [0.25, 0.3) is 0 Å². The van der Waals surface area contributed by atoms with Crippen molar-refractivity contribution in [3.63, 3.8) is 0 Å². The minimum absolute atomic E-state index is 0.0638. The highest BCUT2D eigenvalue weighted by molar-refractivity contribution is 7.10. The number of hydrogen-bond donors (Lipinski definition) is 2. The molecule has 0 radical (unpaired) electrons. The van der Waals surface area contributed by atoms with Gasteiger partial charge in [0.1, 0.15) is 0 Å². The molecule has 1 aromatic heterocycles. The van der Waals surface area contributed by atoms with E-state index < -0.39 is 0 Å². The predicted octanol–water partition coefficient (Wildman–Crippen LogP) is 1.41. The molecule has 2 N–H and O–H groups in total. The number of amides is 2. The molecule has 0 saturated carbocycles. The molecule has 0 bridgehead atoms. The Labute approximate surface area is 74.8 Å². The Kier molecular flexibility index (Phi) is 1.77. The fraction of sp³-hybridized carbons (Fsp3) is 0.375. The van der Waals surface area contributed by atoms with Crippen LogP contribution in [0.1, 0.15) is 16.5 Å². The van der Waals surface area contributed by atoms with Gasteiger partial charge in [-0.05, 0) is 23.9 Å². The highest BCUT2D eigenvalue weighted by Crippen LogP contribution is 2.22. The summed E-state index contributed by atoms with van der Waals surface area (Å²) in [7, 11) is 0.